The van der Waals surface area contributed by atoms with Gasteiger partial charge in [-0.3, -0.25) is 9.59 Å². The lowest BCUT2D eigenvalue weighted by atomic mass is 9.87. The van der Waals surface area contributed by atoms with E-state index in [0.29, 0.717) is 5.56 Å². The molecule has 3 rings (SSSR count). The average molecular weight is 444 g/mol. The highest BCUT2D eigenvalue weighted by atomic mass is 19.3. The molecule has 6 nitrogen and oxygen atoms in total. The molecule has 0 aliphatic heterocycles. The predicted octanol–water partition coefficient (Wildman–Crippen LogP) is 3.88. The highest BCUT2D eigenvalue weighted by Gasteiger charge is 2.44. The molecule has 1 atom stereocenters. The first-order valence-corrected chi connectivity index (χ1v) is 10.2. The molecular weight excluding hydrogens is 418 g/mol. The Morgan fingerprint density at radius 2 is 1.69 bits per heavy atom. The van der Waals surface area contributed by atoms with Crippen molar-refractivity contribution in [2.45, 2.75) is 39.2 Å². The van der Waals surface area contributed by atoms with Gasteiger partial charge < -0.3 is 15.3 Å². The van der Waals surface area contributed by atoms with Crippen molar-refractivity contribution >= 4 is 17.8 Å². The summed E-state index contributed by atoms with van der Waals surface area (Å²) in [7, 11) is 1.38. The first kappa shape index (κ1) is 23.4. The number of aliphatic carboxylic acids is 1. The molecule has 2 aromatic rings. The standard InChI is InChI=1S/C24H26F2N2O4/c1-23(2,3)12-19(22(31)32)28(4)20(29)13-27-21(30)14-9-10-18-16(11-14)15-7-5-6-8-17(15)24(18,25)26/h5-11,19H,12-13H2,1-4H3,(H,27,30)(H,31,32)/t19-/m0/s1. The van der Waals surface area contributed by atoms with Crippen LogP contribution < -0.4 is 5.32 Å². The molecule has 0 heterocycles. The number of carbonyl (C=O) groups is 3. The second kappa shape index (κ2) is 8.33. The Bertz CT molecular complexity index is 1080. The van der Waals surface area contributed by atoms with Gasteiger partial charge in [-0.15, -0.1) is 0 Å². The van der Waals surface area contributed by atoms with Gasteiger partial charge in [0.15, 0.2) is 0 Å². The molecule has 0 radical (unpaired) electrons. The molecule has 2 amide bonds. The maximum Gasteiger partial charge on any atom is 0.326 e. The number of alkyl halides is 2. The van der Waals surface area contributed by atoms with Gasteiger partial charge in [-0.25, -0.2) is 4.79 Å². The molecule has 0 fully saturated rings. The smallest absolute Gasteiger partial charge is 0.326 e. The van der Waals surface area contributed by atoms with Crippen molar-refractivity contribution in [2.24, 2.45) is 5.41 Å². The van der Waals surface area contributed by atoms with Crippen LogP contribution in [0.25, 0.3) is 11.1 Å². The topological polar surface area (TPSA) is 86.7 Å². The molecule has 0 spiro atoms. The van der Waals surface area contributed by atoms with Crippen molar-refractivity contribution in [3.05, 3.63) is 59.2 Å². The van der Waals surface area contributed by atoms with Crippen LogP contribution in [0, 0.1) is 5.41 Å². The van der Waals surface area contributed by atoms with Crippen LogP contribution >= 0.6 is 0 Å². The molecule has 0 aromatic heterocycles. The number of hydrogen-bond acceptors (Lipinski definition) is 3. The van der Waals surface area contributed by atoms with Crippen molar-refractivity contribution in [2.75, 3.05) is 13.6 Å². The van der Waals surface area contributed by atoms with Gasteiger partial charge in [0.25, 0.3) is 11.8 Å². The fraction of sp³-hybridized carbons (Fsp3) is 0.375. The Morgan fingerprint density at radius 3 is 2.31 bits per heavy atom. The highest BCUT2D eigenvalue weighted by molar-refractivity contribution is 5.98. The number of likely N-dealkylation sites (N-methyl/N-ethyl adjacent to an activating group) is 1. The van der Waals surface area contributed by atoms with Gasteiger partial charge in [-0.1, -0.05) is 51.1 Å². The lowest BCUT2D eigenvalue weighted by molar-refractivity contribution is -0.149. The molecule has 1 aliphatic rings. The summed E-state index contributed by atoms with van der Waals surface area (Å²) in [5.41, 5.74) is 0.183. The number of amides is 2. The second-order valence-electron chi connectivity index (χ2n) is 9.19. The van der Waals surface area contributed by atoms with E-state index < -0.39 is 36.3 Å². The van der Waals surface area contributed by atoms with E-state index in [9.17, 15) is 28.3 Å². The lowest BCUT2D eigenvalue weighted by Gasteiger charge is -2.30. The minimum absolute atomic E-state index is 0.108. The van der Waals surface area contributed by atoms with E-state index in [4.69, 9.17) is 0 Å². The summed E-state index contributed by atoms with van der Waals surface area (Å²) in [5.74, 6) is -5.43. The van der Waals surface area contributed by atoms with Crippen LogP contribution in [0.3, 0.4) is 0 Å². The lowest BCUT2D eigenvalue weighted by Crippen LogP contribution is -2.48. The molecule has 0 bridgehead atoms. The number of halogens is 2. The van der Waals surface area contributed by atoms with Gasteiger partial charge in [0.1, 0.15) is 6.04 Å². The van der Waals surface area contributed by atoms with Crippen molar-refractivity contribution in [3.63, 3.8) is 0 Å². The predicted molar refractivity (Wildman–Crippen MR) is 115 cm³/mol. The van der Waals surface area contributed by atoms with Gasteiger partial charge in [0, 0.05) is 23.7 Å². The number of benzene rings is 2. The number of carboxylic acids is 1. The van der Waals surface area contributed by atoms with Crippen molar-refractivity contribution in [3.8, 4) is 11.1 Å². The van der Waals surface area contributed by atoms with Crippen molar-refractivity contribution in [1.82, 2.24) is 10.2 Å². The summed E-state index contributed by atoms with van der Waals surface area (Å²) >= 11 is 0. The Balaban J connectivity index is 1.73. The van der Waals surface area contributed by atoms with E-state index in [0.717, 1.165) is 4.90 Å². The van der Waals surface area contributed by atoms with E-state index in [1.807, 2.05) is 20.8 Å². The van der Waals surface area contributed by atoms with Crippen LogP contribution in [0.15, 0.2) is 42.5 Å². The van der Waals surface area contributed by atoms with Crippen LogP contribution in [-0.4, -0.2) is 47.4 Å². The number of rotatable bonds is 6. The SMILES string of the molecule is CN(C(=O)CNC(=O)c1ccc2c(c1)-c1ccccc1C2(F)F)[C@@H](CC(C)(C)C)C(=O)O. The van der Waals surface area contributed by atoms with E-state index >= 15 is 0 Å². The molecule has 2 N–H and O–H groups in total. The molecule has 0 saturated carbocycles. The molecule has 1 aliphatic carbocycles. The second-order valence-corrected chi connectivity index (χ2v) is 9.19. The van der Waals surface area contributed by atoms with Crippen LogP contribution in [0.4, 0.5) is 8.78 Å². The number of nitrogens with zero attached hydrogens (tertiary/aromatic N) is 1. The first-order chi connectivity index (χ1) is 14.8. The zero-order chi connectivity index (χ0) is 23.8. The normalized spacial score (nSPS) is 14.8. The van der Waals surface area contributed by atoms with Gasteiger partial charge in [0.05, 0.1) is 6.54 Å². The molecule has 8 heteroatoms. The van der Waals surface area contributed by atoms with Crippen molar-refractivity contribution in [1.29, 1.82) is 0 Å². The maximum atomic E-state index is 14.7. The van der Waals surface area contributed by atoms with E-state index in [1.54, 1.807) is 18.2 Å². The fourth-order valence-electron chi connectivity index (χ4n) is 3.85. The Kier molecular flexibility index (Phi) is 6.09. The van der Waals surface area contributed by atoms with Gasteiger partial charge in [-0.05, 0) is 35.1 Å². The van der Waals surface area contributed by atoms with Crippen LogP contribution in [0.5, 0.6) is 0 Å². The largest absolute Gasteiger partial charge is 0.480 e. The van der Waals surface area contributed by atoms with E-state index in [-0.39, 0.29) is 34.1 Å². The van der Waals surface area contributed by atoms with Gasteiger partial charge in [-0.2, -0.15) is 8.78 Å². The summed E-state index contributed by atoms with van der Waals surface area (Å²) < 4.78 is 29.3. The van der Waals surface area contributed by atoms with E-state index in [1.165, 1.54) is 31.3 Å². The summed E-state index contributed by atoms with van der Waals surface area (Å²) in [6.45, 7) is 5.21. The fourth-order valence-corrected chi connectivity index (χ4v) is 3.85. The number of fused-ring (bicyclic) bond motifs is 3. The van der Waals surface area contributed by atoms with Crippen LogP contribution in [0.1, 0.15) is 48.7 Å². The first-order valence-electron chi connectivity index (χ1n) is 10.2. The zero-order valence-corrected chi connectivity index (χ0v) is 18.4. The number of carboxylic acid groups (broad SMARTS) is 1. The molecule has 170 valence electrons. The van der Waals surface area contributed by atoms with Crippen LogP contribution in [0.2, 0.25) is 0 Å². The van der Waals surface area contributed by atoms with E-state index in [2.05, 4.69) is 5.32 Å². The average Bonchev–Trinajstić information content (AvgIpc) is 2.95. The number of carbonyl (C=O) groups excluding carboxylic acids is 2. The monoisotopic (exact) mass is 444 g/mol. The Labute approximate surface area is 185 Å². The summed E-state index contributed by atoms with van der Waals surface area (Å²) in [6, 6.07) is 9.01. The number of hydrogen-bond donors (Lipinski definition) is 2. The third kappa shape index (κ3) is 4.49. The molecular formula is C24H26F2N2O4. The third-order valence-electron chi connectivity index (χ3n) is 5.53. The molecule has 2 aromatic carbocycles. The zero-order valence-electron chi connectivity index (χ0n) is 18.4. The molecule has 0 unspecified atom stereocenters. The Hall–Kier alpha value is -3.29. The maximum absolute atomic E-state index is 14.7. The minimum atomic E-state index is -3.14. The van der Waals surface area contributed by atoms with Gasteiger partial charge >= 0.3 is 5.97 Å². The molecule has 32 heavy (non-hydrogen) atoms. The van der Waals surface area contributed by atoms with Gasteiger partial charge in [0.2, 0.25) is 5.91 Å². The summed E-state index contributed by atoms with van der Waals surface area (Å²) in [4.78, 5) is 37.8. The number of nitrogens with one attached hydrogen (secondary N) is 1. The summed E-state index contributed by atoms with van der Waals surface area (Å²) in [5, 5.41) is 11.9. The quantitative estimate of drug-likeness (QED) is 0.708. The minimum Gasteiger partial charge on any atom is -0.480 e. The Morgan fingerprint density at radius 1 is 1.06 bits per heavy atom. The third-order valence-corrected chi connectivity index (χ3v) is 5.53. The molecule has 0 saturated heterocycles. The van der Waals surface area contributed by atoms with Crippen LogP contribution in [-0.2, 0) is 15.5 Å². The van der Waals surface area contributed by atoms with Crippen molar-refractivity contribution < 1.29 is 28.3 Å². The summed E-state index contributed by atoms with van der Waals surface area (Å²) in [6.07, 6.45) is 0.247. The highest BCUT2D eigenvalue weighted by Crippen LogP contribution is 2.50.